The van der Waals surface area contributed by atoms with Gasteiger partial charge in [-0.2, -0.15) is 0 Å². The van der Waals surface area contributed by atoms with Crippen molar-refractivity contribution in [3.8, 4) is 0 Å². The van der Waals surface area contributed by atoms with Crippen LogP contribution in [-0.2, 0) is 16.0 Å². The molecule has 1 atom stereocenters. The molecule has 0 spiro atoms. The van der Waals surface area contributed by atoms with Crippen molar-refractivity contribution in [3.63, 3.8) is 0 Å². The lowest BCUT2D eigenvalue weighted by Gasteiger charge is -2.12. The second-order valence-corrected chi connectivity index (χ2v) is 4.41. The van der Waals surface area contributed by atoms with Crippen molar-refractivity contribution in [2.75, 3.05) is 13.1 Å². The van der Waals surface area contributed by atoms with Crippen molar-refractivity contribution in [1.82, 2.24) is 14.9 Å². The zero-order chi connectivity index (χ0) is 15.8. The van der Waals surface area contributed by atoms with Gasteiger partial charge in [-0.3, -0.25) is 14.2 Å². The van der Waals surface area contributed by atoms with Crippen molar-refractivity contribution >= 4 is 42.6 Å². The Morgan fingerprint density at radius 3 is 2.35 bits per heavy atom. The lowest BCUT2D eigenvalue weighted by atomic mass is 10.1. The number of rotatable bonds is 8. The number of carbonyl (C=O) groups is 3. The lowest BCUT2D eigenvalue weighted by Crippen LogP contribution is -2.42. The summed E-state index contributed by atoms with van der Waals surface area (Å²) in [7, 11) is 0. The van der Waals surface area contributed by atoms with Crippen LogP contribution in [-0.4, -0.2) is 51.6 Å². The Bertz CT molecular complexity index is 523. The highest BCUT2D eigenvalue weighted by Gasteiger charge is 2.21. The highest BCUT2D eigenvalue weighted by atomic mass is 35.5. The van der Waals surface area contributed by atoms with Crippen molar-refractivity contribution < 1.29 is 19.5 Å². The number of aliphatic carboxylic acids is 1. The van der Waals surface area contributed by atoms with Crippen LogP contribution in [0.2, 0.25) is 0 Å². The first-order chi connectivity index (χ1) is 9.97. The lowest BCUT2D eigenvalue weighted by molar-refractivity contribution is -0.141. The van der Waals surface area contributed by atoms with Gasteiger partial charge in [-0.15, -0.1) is 24.8 Å². The molecule has 23 heavy (non-hydrogen) atoms. The van der Waals surface area contributed by atoms with Gasteiger partial charge >= 0.3 is 5.97 Å². The van der Waals surface area contributed by atoms with E-state index in [1.54, 1.807) is 0 Å². The van der Waals surface area contributed by atoms with Crippen LogP contribution in [0.15, 0.2) is 12.5 Å². The predicted molar refractivity (Wildman–Crippen MR) is 88.0 cm³/mol. The van der Waals surface area contributed by atoms with Gasteiger partial charge in [-0.1, -0.05) is 0 Å². The molecule has 11 heteroatoms. The van der Waals surface area contributed by atoms with Crippen LogP contribution in [0, 0.1) is 0 Å². The van der Waals surface area contributed by atoms with E-state index in [4.69, 9.17) is 16.6 Å². The summed E-state index contributed by atoms with van der Waals surface area (Å²) in [6.07, 6.45) is 2.93. The summed E-state index contributed by atoms with van der Waals surface area (Å²) in [5.41, 5.74) is 10.9. The van der Waals surface area contributed by atoms with Gasteiger partial charge in [0.1, 0.15) is 12.4 Å². The summed E-state index contributed by atoms with van der Waals surface area (Å²) < 4.78 is 1.25. The Labute approximate surface area is 145 Å². The Balaban J connectivity index is 0. The van der Waals surface area contributed by atoms with Crippen LogP contribution in [0.3, 0.4) is 0 Å². The molecular weight excluding hydrogens is 349 g/mol. The average Bonchev–Trinajstić information content (AvgIpc) is 2.87. The summed E-state index contributed by atoms with van der Waals surface area (Å²) in [6.45, 7) is 0.361. The normalized spacial score (nSPS) is 10.9. The molecule has 1 rings (SSSR count). The fourth-order valence-corrected chi connectivity index (χ4v) is 1.66. The molecule has 0 aliphatic rings. The fraction of sp³-hybridized carbons (Fsp3) is 0.500. The Morgan fingerprint density at radius 2 is 1.83 bits per heavy atom. The number of nitrogens with zero attached hydrogens (tertiary/aromatic N) is 2. The zero-order valence-corrected chi connectivity index (χ0v) is 13.9. The smallest absolute Gasteiger partial charge is 0.326 e. The molecule has 1 aromatic rings. The van der Waals surface area contributed by atoms with Crippen LogP contribution < -0.4 is 16.8 Å². The number of aromatic nitrogens is 2. The van der Waals surface area contributed by atoms with Gasteiger partial charge in [0.15, 0.2) is 0 Å². The highest BCUT2D eigenvalue weighted by molar-refractivity contribution is 5.85. The molecule has 1 amide bonds. The van der Waals surface area contributed by atoms with E-state index in [0.717, 1.165) is 0 Å². The third-order valence-electron chi connectivity index (χ3n) is 2.70. The molecular formula is C12H21Cl2N5O4. The van der Waals surface area contributed by atoms with Crippen molar-refractivity contribution in [2.24, 2.45) is 11.5 Å². The molecule has 0 fully saturated rings. The second kappa shape index (κ2) is 11.8. The van der Waals surface area contributed by atoms with Gasteiger partial charge < -0.3 is 21.9 Å². The Hall–Kier alpha value is -1.68. The standard InChI is InChI=1S/C12H19N5O4.2ClH/c13-3-1-10(18)16-9(12(20)21)5-8-6-17(7-15-8)11(19)2-4-14;;/h6-7,9H,1-5,13-14H2,(H,16,18)(H,20,21);2*1H/t9-;;/m0../s1. The Morgan fingerprint density at radius 1 is 1.22 bits per heavy atom. The van der Waals surface area contributed by atoms with E-state index < -0.39 is 17.9 Å². The van der Waals surface area contributed by atoms with Crippen LogP contribution >= 0.6 is 24.8 Å². The van der Waals surface area contributed by atoms with E-state index in [-0.39, 0.29) is 63.1 Å². The van der Waals surface area contributed by atoms with Gasteiger partial charge in [0, 0.05) is 38.5 Å². The summed E-state index contributed by atoms with van der Waals surface area (Å²) >= 11 is 0. The number of carboxylic acid groups (broad SMARTS) is 1. The molecule has 0 aromatic carbocycles. The first-order valence-electron chi connectivity index (χ1n) is 6.46. The molecule has 0 radical (unpaired) electrons. The maximum absolute atomic E-state index is 11.6. The SMILES string of the molecule is Cl.Cl.NCCC(=O)N[C@@H](Cc1cn(C(=O)CCN)cn1)C(=O)O. The van der Waals surface area contributed by atoms with Crippen LogP contribution in [0.4, 0.5) is 0 Å². The maximum atomic E-state index is 11.6. The fourth-order valence-electron chi connectivity index (χ4n) is 1.66. The van der Waals surface area contributed by atoms with E-state index in [2.05, 4.69) is 10.3 Å². The zero-order valence-electron chi connectivity index (χ0n) is 12.3. The molecule has 0 aliphatic carbocycles. The van der Waals surface area contributed by atoms with E-state index in [9.17, 15) is 14.4 Å². The summed E-state index contributed by atoms with van der Waals surface area (Å²) in [5, 5.41) is 11.4. The van der Waals surface area contributed by atoms with Gasteiger partial charge in [-0.05, 0) is 0 Å². The molecule has 6 N–H and O–H groups in total. The van der Waals surface area contributed by atoms with Gasteiger partial charge in [0.05, 0.1) is 5.69 Å². The number of hydrogen-bond donors (Lipinski definition) is 4. The average molecular weight is 370 g/mol. The number of amides is 1. The largest absolute Gasteiger partial charge is 0.480 e. The van der Waals surface area contributed by atoms with Crippen LogP contribution in [0.1, 0.15) is 23.3 Å². The monoisotopic (exact) mass is 369 g/mol. The van der Waals surface area contributed by atoms with Crippen molar-refractivity contribution in [2.45, 2.75) is 25.3 Å². The molecule has 0 bridgehead atoms. The minimum Gasteiger partial charge on any atom is -0.480 e. The molecule has 0 aliphatic heterocycles. The molecule has 0 saturated carbocycles. The second-order valence-electron chi connectivity index (χ2n) is 4.41. The van der Waals surface area contributed by atoms with E-state index in [1.165, 1.54) is 17.1 Å². The molecule has 9 nitrogen and oxygen atoms in total. The van der Waals surface area contributed by atoms with Crippen LogP contribution in [0.5, 0.6) is 0 Å². The summed E-state index contributed by atoms with van der Waals surface area (Å²) in [5.74, 6) is -1.85. The number of halogens is 2. The van der Waals surface area contributed by atoms with Gasteiger partial charge in [-0.25, -0.2) is 9.78 Å². The summed E-state index contributed by atoms with van der Waals surface area (Å²) in [6, 6.07) is -1.11. The van der Waals surface area contributed by atoms with Gasteiger partial charge in [0.2, 0.25) is 11.8 Å². The molecule has 132 valence electrons. The topological polar surface area (TPSA) is 153 Å². The number of nitrogens with one attached hydrogen (secondary N) is 1. The first kappa shape index (κ1) is 23.6. The van der Waals surface area contributed by atoms with Gasteiger partial charge in [0.25, 0.3) is 0 Å². The number of carbonyl (C=O) groups excluding carboxylic acids is 2. The molecule has 1 heterocycles. The molecule has 1 aromatic heterocycles. The number of carboxylic acids is 1. The quantitative estimate of drug-likeness (QED) is 0.466. The number of nitrogens with two attached hydrogens (primary N) is 2. The minimum absolute atomic E-state index is 0. The van der Waals surface area contributed by atoms with E-state index in [0.29, 0.717) is 5.69 Å². The number of imidazole rings is 1. The number of hydrogen-bond acceptors (Lipinski definition) is 6. The Kier molecular flexibility index (Phi) is 12.1. The molecule has 0 saturated heterocycles. The molecule has 0 unspecified atom stereocenters. The predicted octanol–water partition coefficient (Wildman–Crippen LogP) is -0.824. The summed E-state index contributed by atoms with van der Waals surface area (Å²) in [4.78, 5) is 38.1. The highest BCUT2D eigenvalue weighted by Crippen LogP contribution is 2.03. The van der Waals surface area contributed by atoms with Crippen molar-refractivity contribution in [1.29, 1.82) is 0 Å². The first-order valence-corrected chi connectivity index (χ1v) is 6.46. The van der Waals surface area contributed by atoms with E-state index >= 15 is 0 Å². The third-order valence-corrected chi connectivity index (χ3v) is 2.70. The van der Waals surface area contributed by atoms with Crippen molar-refractivity contribution in [3.05, 3.63) is 18.2 Å². The van der Waals surface area contributed by atoms with Crippen LogP contribution in [0.25, 0.3) is 0 Å². The maximum Gasteiger partial charge on any atom is 0.326 e. The van der Waals surface area contributed by atoms with E-state index in [1.807, 2.05) is 0 Å². The minimum atomic E-state index is -1.18. The third kappa shape index (κ3) is 7.93.